The van der Waals surface area contributed by atoms with Crippen molar-refractivity contribution in [2.24, 2.45) is 22.1 Å². The lowest BCUT2D eigenvalue weighted by Crippen LogP contribution is -2.49. The maximum absolute atomic E-state index is 14.3. The summed E-state index contributed by atoms with van der Waals surface area (Å²) in [5, 5.41) is 3.51. The van der Waals surface area contributed by atoms with E-state index >= 15 is 0 Å². The predicted octanol–water partition coefficient (Wildman–Crippen LogP) is 5.46. The van der Waals surface area contributed by atoms with E-state index in [2.05, 4.69) is 43.6 Å². The number of pyridine rings is 1. The fourth-order valence-electron chi connectivity index (χ4n) is 8.14. The van der Waals surface area contributed by atoms with Crippen LogP contribution in [0.1, 0.15) is 67.1 Å². The Morgan fingerprint density at radius 1 is 1.18 bits per heavy atom. The first-order chi connectivity index (χ1) is 23.6. The molecular weight excluding hydrogens is 666 g/mol. The summed E-state index contributed by atoms with van der Waals surface area (Å²) in [7, 11) is -0.189. The summed E-state index contributed by atoms with van der Waals surface area (Å²) in [5.74, 6) is 0.937. The molecule has 1 aromatic carbocycles. The lowest BCUT2D eigenvalue weighted by Gasteiger charge is -2.45. The van der Waals surface area contributed by atoms with E-state index in [1.54, 1.807) is 26.4 Å². The molecule has 5 aliphatic rings. The number of ether oxygens (including phenoxy) is 3. The molecule has 3 aliphatic carbocycles. The van der Waals surface area contributed by atoms with Crippen LogP contribution in [0.2, 0.25) is 5.02 Å². The third kappa shape index (κ3) is 7.20. The summed E-state index contributed by atoms with van der Waals surface area (Å²) < 4.78 is 38.9. The standard InChI is InChI=1S/C36H46ClN5O6S/c1-22-6-4-8-30(46-2)26-11-9-24(26)18-42-20-36(15-5-7-23-16-25(37)10-12-27(23)36)21-48-31-14-13-28(38-33(31)42)34(43)40-49(45,19-22)41-35(44)39-29-17-32(29)47-3/h4,8,10,12-14,16,22,24,26,29-30,32H,5-7,9,11,15,17-21H2,1-3H3,(H2,39,40,41,43,44,45)/b8-4+/t22-,24-,26+,29-,30-,32-,36-,49-/m0/s1. The molecule has 2 bridgehead atoms. The number of benzene rings is 1. The van der Waals surface area contributed by atoms with Gasteiger partial charge in [-0.15, -0.1) is 4.36 Å². The van der Waals surface area contributed by atoms with E-state index in [9.17, 15) is 13.8 Å². The minimum Gasteiger partial charge on any atom is -0.489 e. The first-order valence-electron chi connectivity index (χ1n) is 17.4. The number of aromatic nitrogens is 1. The van der Waals surface area contributed by atoms with Gasteiger partial charge in [-0.2, -0.15) is 0 Å². The van der Waals surface area contributed by atoms with Gasteiger partial charge in [0.05, 0.1) is 30.6 Å². The molecule has 49 heavy (non-hydrogen) atoms. The van der Waals surface area contributed by atoms with E-state index in [0.717, 1.165) is 43.7 Å². The fraction of sp³-hybridized carbons (Fsp3) is 0.583. The highest BCUT2D eigenvalue weighted by molar-refractivity contribution is 7.92. The van der Waals surface area contributed by atoms with Gasteiger partial charge in [0.25, 0.3) is 0 Å². The van der Waals surface area contributed by atoms with Crippen LogP contribution < -0.4 is 19.7 Å². The van der Waals surface area contributed by atoms with Gasteiger partial charge in [-0.1, -0.05) is 36.7 Å². The van der Waals surface area contributed by atoms with E-state index in [1.807, 2.05) is 13.0 Å². The van der Waals surface area contributed by atoms with Crippen molar-refractivity contribution < 1.29 is 28.0 Å². The second kappa shape index (κ2) is 13.8. The number of urea groups is 1. The summed E-state index contributed by atoms with van der Waals surface area (Å²) in [5.41, 5.74) is 2.25. The number of methoxy groups -OCH3 is 2. The molecule has 1 spiro atoms. The number of carbonyl (C=O) groups excluding carboxylic acids is 2. The lowest BCUT2D eigenvalue weighted by atomic mass is 9.68. The number of nitrogens with zero attached hydrogens (tertiary/aromatic N) is 3. The molecular formula is C36H46ClN5O6S. The van der Waals surface area contributed by atoms with Crippen LogP contribution in [0, 0.1) is 17.8 Å². The zero-order chi connectivity index (χ0) is 34.3. The van der Waals surface area contributed by atoms with Crippen molar-refractivity contribution in [1.29, 1.82) is 0 Å². The molecule has 11 nitrogen and oxygen atoms in total. The van der Waals surface area contributed by atoms with Gasteiger partial charge in [0.1, 0.15) is 15.6 Å². The minimum absolute atomic E-state index is 0.00923. The van der Waals surface area contributed by atoms with Crippen LogP contribution in [0.3, 0.4) is 0 Å². The molecule has 7 rings (SSSR count). The quantitative estimate of drug-likeness (QED) is 0.400. The van der Waals surface area contributed by atoms with E-state index in [0.29, 0.717) is 49.4 Å². The molecule has 0 unspecified atom stereocenters. The van der Waals surface area contributed by atoms with Crippen LogP contribution in [0.25, 0.3) is 0 Å². The SMILES string of the molecule is CO[C@H]1/C=C/C[C@H](C)C[S@@](=O)(NC(=O)N[C@H]2C[C@@H]2OC)=NC(=O)c2ccc3c(n2)N(C[C@@H]2CC[C@H]21)C[C@@]1(CCCc2cc(Cl)ccc21)CO3. The molecule has 1 aromatic heterocycles. The molecule has 0 radical (unpaired) electrons. The number of fused-ring (bicyclic) bond motifs is 4. The number of nitrogens with one attached hydrogen (secondary N) is 2. The summed E-state index contributed by atoms with van der Waals surface area (Å²) >= 11 is 6.44. The summed E-state index contributed by atoms with van der Waals surface area (Å²) in [4.78, 5) is 33.9. The number of anilines is 1. The largest absolute Gasteiger partial charge is 0.489 e. The third-order valence-corrected chi connectivity index (χ3v) is 13.2. The van der Waals surface area contributed by atoms with Crippen LogP contribution in [-0.2, 0) is 31.2 Å². The van der Waals surface area contributed by atoms with Crippen LogP contribution in [0.5, 0.6) is 5.75 Å². The Morgan fingerprint density at radius 3 is 2.80 bits per heavy atom. The number of aryl methyl sites for hydroxylation is 1. The van der Waals surface area contributed by atoms with Crippen molar-refractivity contribution in [2.45, 2.75) is 75.5 Å². The number of hydrogen-bond donors (Lipinski definition) is 2. The van der Waals surface area contributed by atoms with Crippen molar-refractivity contribution in [1.82, 2.24) is 15.0 Å². The zero-order valence-corrected chi connectivity index (χ0v) is 29.9. The smallest absolute Gasteiger partial charge is 0.327 e. The van der Waals surface area contributed by atoms with Crippen molar-refractivity contribution >= 4 is 39.3 Å². The number of allylic oxidation sites excluding steroid dienone is 1. The van der Waals surface area contributed by atoms with Gasteiger partial charge in [0, 0.05) is 37.7 Å². The number of carbonyl (C=O) groups is 2. The van der Waals surface area contributed by atoms with Gasteiger partial charge in [-0.05, 0) is 98.1 Å². The highest BCUT2D eigenvalue weighted by atomic mass is 35.5. The van der Waals surface area contributed by atoms with Crippen molar-refractivity contribution in [2.75, 3.05) is 44.6 Å². The second-order valence-electron chi connectivity index (χ2n) is 14.5. The lowest BCUT2D eigenvalue weighted by molar-refractivity contribution is 0.0131. The normalized spacial score (nSPS) is 34.6. The Bertz CT molecular complexity index is 1760. The van der Waals surface area contributed by atoms with E-state index in [1.165, 1.54) is 11.1 Å². The van der Waals surface area contributed by atoms with E-state index < -0.39 is 21.9 Å². The van der Waals surface area contributed by atoms with E-state index in [4.69, 9.17) is 30.8 Å². The minimum atomic E-state index is -3.52. The topological polar surface area (TPSA) is 131 Å². The first-order valence-corrected chi connectivity index (χ1v) is 19.4. The molecule has 3 amide bonds. The molecule has 264 valence electrons. The Hall–Kier alpha value is -3.19. The predicted molar refractivity (Wildman–Crippen MR) is 189 cm³/mol. The molecule has 0 saturated heterocycles. The monoisotopic (exact) mass is 711 g/mol. The third-order valence-electron chi connectivity index (χ3n) is 10.9. The zero-order valence-electron chi connectivity index (χ0n) is 28.4. The van der Waals surface area contributed by atoms with Crippen molar-refractivity contribution in [3.05, 3.63) is 64.3 Å². The fourth-order valence-corrected chi connectivity index (χ4v) is 10.2. The molecule has 2 N–H and O–H groups in total. The van der Waals surface area contributed by atoms with Gasteiger partial charge in [-0.25, -0.2) is 14.0 Å². The summed E-state index contributed by atoms with van der Waals surface area (Å²) in [6, 6.07) is 8.70. The van der Waals surface area contributed by atoms with Crippen molar-refractivity contribution in [3.63, 3.8) is 0 Å². The molecule has 8 atom stereocenters. The Kier molecular flexibility index (Phi) is 9.68. The van der Waals surface area contributed by atoms with Gasteiger partial charge in [0.2, 0.25) is 0 Å². The number of rotatable bonds is 4. The van der Waals surface area contributed by atoms with Crippen LogP contribution >= 0.6 is 11.6 Å². The molecule has 3 heterocycles. The maximum atomic E-state index is 14.3. The van der Waals surface area contributed by atoms with Crippen LogP contribution in [0.4, 0.5) is 10.6 Å². The Balaban J connectivity index is 1.27. The molecule has 2 aromatic rings. The van der Waals surface area contributed by atoms with E-state index in [-0.39, 0.29) is 41.0 Å². The molecule has 2 fully saturated rings. The molecule has 2 aliphatic heterocycles. The van der Waals surface area contributed by atoms with Gasteiger partial charge < -0.3 is 24.4 Å². The number of halogens is 1. The number of hydrogen-bond acceptors (Lipinski definition) is 8. The maximum Gasteiger partial charge on any atom is 0.327 e. The average molecular weight is 712 g/mol. The first kappa shape index (κ1) is 34.3. The average Bonchev–Trinajstić information content (AvgIpc) is 3.83. The van der Waals surface area contributed by atoms with Crippen molar-refractivity contribution in [3.8, 4) is 5.75 Å². The highest BCUT2D eigenvalue weighted by Gasteiger charge is 2.45. The second-order valence-corrected chi connectivity index (χ2v) is 16.9. The van der Waals surface area contributed by atoms with Gasteiger partial charge in [0.15, 0.2) is 11.6 Å². The van der Waals surface area contributed by atoms with Gasteiger partial charge in [-0.3, -0.25) is 9.52 Å². The summed E-state index contributed by atoms with van der Waals surface area (Å²) in [6.07, 6.45) is 10.3. The Labute approximate surface area is 293 Å². The highest BCUT2D eigenvalue weighted by Crippen LogP contribution is 2.46. The molecule has 13 heteroatoms. The Morgan fingerprint density at radius 2 is 2.04 bits per heavy atom. The van der Waals surface area contributed by atoms with Gasteiger partial charge >= 0.3 is 11.9 Å². The number of amides is 3. The van der Waals surface area contributed by atoms with Crippen LogP contribution in [-0.4, -0.2) is 79.0 Å². The summed E-state index contributed by atoms with van der Waals surface area (Å²) in [6.45, 7) is 3.79. The van der Waals surface area contributed by atoms with Crippen LogP contribution in [0.15, 0.2) is 46.8 Å². The molecule has 2 saturated carbocycles.